The molecule has 0 fully saturated rings. The van der Waals surface area contributed by atoms with Gasteiger partial charge < -0.3 is 0 Å². The molecule has 0 bridgehead atoms. The van der Waals surface area contributed by atoms with Crippen molar-refractivity contribution in [1.29, 1.82) is 0 Å². The molecule has 0 unspecified atom stereocenters. The number of nitrogens with zero attached hydrogens (tertiary/aromatic N) is 1. The van der Waals surface area contributed by atoms with E-state index >= 15 is 0 Å². The van der Waals surface area contributed by atoms with Gasteiger partial charge in [-0.05, 0) is 0 Å². The Morgan fingerprint density at radius 2 is 1.70 bits per heavy atom. The predicted molar refractivity (Wildman–Crippen MR) is 43.3 cm³/mol. The number of hydrogen-bond acceptors (Lipinski definition) is 1. The Labute approximate surface area is 70.8 Å². The molecule has 10 heavy (non-hydrogen) atoms. The molecule has 0 saturated heterocycles. The van der Waals surface area contributed by atoms with Crippen LogP contribution in [-0.2, 0) is 0 Å². The summed E-state index contributed by atoms with van der Waals surface area (Å²) in [5.41, 5.74) is 0. The van der Waals surface area contributed by atoms with E-state index in [1.807, 2.05) is 4.90 Å². The van der Waals surface area contributed by atoms with Crippen molar-refractivity contribution < 1.29 is 4.79 Å². The van der Waals surface area contributed by atoms with Crippen molar-refractivity contribution in [3.63, 3.8) is 0 Å². The zero-order valence-corrected chi connectivity index (χ0v) is 8.31. The van der Waals surface area contributed by atoms with Crippen molar-refractivity contribution >= 4 is 20.8 Å². The molecule has 2 nitrogen and oxygen atoms in total. The van der Waals surface area contributed by atoms with Crippen LogP contribution >= 0.6 is 0 Å². The molecule has 3 heteroatoms. The van der Waals surface area contributed by atoms with Crippen LogP contribution in [0.1, 0.15) is 26.7 Å². The molecular formula is C7H14NOSe. The van der Waals surface area contributed by atoms with Crippen LogP contribution < -0.4 is 0 Å². The molecule has 1 radical (unpaired) electrons. The minimum atomic E-state index is 0.0729. The predicted octanol–water partition coefficient (Wildman–Crippen LogP) is 1.40. The van der Waals surface area contributed by atoms with Gasteiger partial charge in [-0.15, -0.1) is 0 Å². The Balaban J connectivity index is 3.61. The van der Waals surface area contributed by atoms with Crippen molar-refractivity contribution in [2.45, 2.75) is 26.7 Å². The average molecular weight is 207 g/mol. The molecular weight excluding hydrogens is 193 g/mol. The number of carbonyl (C=O) groups excluding carboxylic acids is 1. The van der Waals surface area contributed by atoms with E-state index in [2.05, 4.69) is 29.9 Å². The van der Waals surface area contributed by atoms with E-state index in [4.69, 9.17) is 0 Å². The molecule has 0 aromatic heterocycles. The van der Waals surface area contributed by atoms with E-state index in [1.54, 1.807) is 0 Å². The first-order valence-corrected chi connectivity index (χ1v) is 4.54. The Morgan fingerprint density at radius 1 is 1.30 bits per heavy atom. The van der Waals surface area contributed by atoms with Gasteiger partial charge in [-0.3, -0.25) is 0 Å². The molecule has 59 valence electrons. The summed E-state index contributed by atoms with van der Waals surface area (Å²) in [5.74, 6) is 0. The van der Waals surface area contributed by atoms with Crippen molar-refractivity contribution in [2.75, 3.05) is 13.1 Å². The molecule has 0 aliphatic heterocycles. The van der Waals surface area contributed by atoms with Crippen LogP contribution in [-0.4, -0.2) is 38.8 Å². The van der Waals surface area contributed by atoms with Gasteiger partial charge in [0.25, 0.3) is 0 Å². The number of rotatable bonds is 4. The average Bonchev–Trinajstić information content (AvgIpc) is 1.87. The van der Waals surface area contributed by atoms with Crippen LogP contribution in [0.2, 0.25) is 0 Å². The minimum absolute atomic E-state index is 0.0729. The molecule has 0 rings (SSSR count). The summed E-state index contributed by atoms with van der Waals surface area (Å²) < 4.78 is 0. The molecule has 0 N–H and O–H groups in total. The summed E-state index contributed by atoms with van der Waals surface area (Å²) in [6, 6.07) is 0. The maximum atomic E-state index is 10.8. The van der Waals surface area contributed by atoms with Gasteiger partial charge in [0.2, 0.25) is 0 Å². The van der Waals surface area contributed by atoms with Crippen molar-refractivity contribution in [3.05, 3.63) is 0 Å². The van der Waals surface area contributed by atoms with Crippen LogP contribution in [0.3, 0.4) is 0 Å². The Kier molecular flexibility index (Phi) is 5.74. The van der Waals surface area contributed by atoms with Crippen molar-refractivity contribution in [3.8, 4) is 0 Å². The van der Waals surface area contributed by atoms with Gasteiger partial charge in [-0.1, -0.05) is 0 Å². The first-order chi connectivity index (χ1) is 4.72. The summed E-state index contributed by atoms with van der Waals surface area (Å²) in [7, 11) is 0. The fraction of sp³-hybridized carbons (Fsp3) is 0.857. The molecule has 0 saturated carbocycles. The van der Waals surface area contributed by atoms with E-state index in [-0.39, 0.29) is 4.81 Å². The second kappa shape index (κ2) is 5.75. The van der Waals surface area contributed by atoms with Gasteiger partial charge >= 0.3 is 70.3 Å². The topological polar surface area (TPSA) is 20.3 Å². The van der Waals surface area contributed by atoms with Gasteiger partial charge in [-0.25, -0.2) is 0 Å². The van der Waals surface area contributed by atoms with E-state index in [0.717, 1.165) is 25.9 Å². The van der Waals surface area contributed by atoms with Crippen molar-refractivity contribution in [1.82, 2.24) is 4.90 Å². The third kappa shape index (κ3) is 3.91. The summed E-state index contributed by atoms with van der Waals surface area (Å²) in [4.78, 5) is 12.7. The van der Waals surface area contributed by atoms with E-state index in [0.29, 0.717) is 0 Å². The Morgan fingerprint density at radius 3 is 1.90 bits per heavy atom. The number of amides is 1. The van der Waals surface area contributed by atoms with E-state index < -0.39 is 0 Å². The van der Waals surface area contributed by atoms with Gasteiger partial charge in [-0.2, -0.15) is 0 Å². The fourth-order valence-corrected chi connectivity index (χ4v) is 1.22. The second-order valence-electron chi connectivity index (χ2n) is 2.25. The number of hydrogen-bond donors (Lipinski definition) is 0. The van der Waals surface area contributed by atoms with Gasteiger partial charge in [0.05, 0.1) is 0 Å². The summed E-state index contributed by atoms with van der Waals surface area (Å²) in [6.45, 7) is 5.90. The van der Waals surface area contributed by atoms with E-state index in [9.17, 15) is 4.79 Å². The normalized spacial score (nSPS) is 9.40. The molecule has 0 heterocycles. The summed E-state index contributed by atoms with van der Waals surface area (Å²) in [6.07, 6.45) is 2.07. The van der Waals surface area contributed by atoms with Crippen LogP contribution in [0.25, 0.3) is 0 Å². The van der Waals surface area contributed by atoms with Gasteiger partial charge in [0.1, 0.15) is 0 Å². The van der Waals surface area contributed by atoms with Crippen LogP contribution in [0.4, 0.5) is 4.79 Å². The third-order valence-corrected chi connectivity index (χ3v) is 1.79. The second-order valence-corrected chi connectivity index (χ2v) is 2.99. The standard InChI is InChI=1S/C7H14NOSe/c1-3-5-8(6-4-2)7(9)10/h3-6H2,1-2H3. The molecule has 0 aliphatic carbocycles. The first-order valence-electron chi connectivity index (χ1n) is 3.68. The summed E-state index contributed by atoms with van der Waals surface area (Å²) in [5, 5.41) is 0. The van der Waals surface area contributed by atoms with Crippen LogP contribution in [0.5, 0.6) is 0 Å². The fourth-order valence-electron chi connectivity index (χ4n) is 0.834. The number of carbonyl (C=O) groups is 1. The van der Waals surface area contributed by atoms with Crippen molar-refractivity contribution in [2.24, 2.45) is 0 Å². The Bertz CT molecular complexity index is 99.8. The van der Waals surface area contributed by atoms with E-state index in [1.165, 1.54) is 0 Å². The Hall–Kier alpha value is -0.0105. The molecule has 0 spiro atoms. The summed E-state index contributed by atoms with van der Waals surface area (Å²) >= 11 is 2.50. The molecule has 1 amide bonds. The van der Waals surface area contributed by atoms with Gasteiger partial charge in [0.15, 0.2) is 0 Å². The molecule has 0 aromatic rings. The zero-order valence-electron chi connectivity index (χ0n) is 6.59. The third-order valence-electron chi connectivity index (χ3n) is 1.25. The van der Waals surface area contributed by atoms with Crippen LogP contribution in [0.15, 0.2) is 0 Å². The monoisotopic (exact) mass is 208 g/mol. The van der Waals surface area contributed by atoms with Gasteiger partial charge in [0, 0.05) is 0 Å². The first kappa shape index (κ1) is 9.99. The quantitative estimate of drug-likeness (QED) is 0.638. The molecule has 0 aromatic carbocycles. The molecule has 0 atom stereocenters. The zero-order chi connectivity index (χ0) is 7.98. The van der Waals surface area contributed by atoms with Crippen LogP contribution in [0, 0.1) is 0 Å². The SMILES string of the molecule is CCCN(CCC)C(=O)[Se]. The molecule has 0 aliphatic rings. The maximum absolute atomic E-state index is 10.8.